The lowest BCUT2D eigenvalue weighted by atomic mass is 9.91. The van der Waals surface area contributed by atoms with Crippen molar-refractivity contribution in [2.45, 2.75) is 33.2 Å². The molecule has 0 saturated carbocycles. The largest absolute Gasteiger partial charge is 0.481 e. The predicted molar refractivity (Wildman–Crippen MR) is 85.6 cm³/mol. The first-order chi connectivity index (χ1) is 9.85. The Morgan fingerprint density at radius 2 is 1.95 bits per heavy atom. The molecule has 2 atom stereocenters. The van der Waals surface area contributed by atoms with Crippen molar-refractivity contribution in [3.05, 3.63) is 30.3 Å². The van der Waals surface area contributed by atoms with Crippen LogP contribution in [-0.4, -0.2) is 36.8 Å². The fourth-order valence-electron chi connectivity index (χ4n) is 2.73. The van der Waals surface area contributed by atoms with Crippen molar-refractivity contribution in [3.8, 4) is 0 Å². The third-order valence-corrected chi connectivity index (χ3v) is 3.84. The summed E-state index contributed by atoms with van der Waals surface area (Å²) in [6.45, 7) is 8.91. The molecule has 4 heteroatoms. The Hall–Kier alpha value is -1.55. The van der Waals surface area contributed by atoms with Crippen LogP contribution in [0.2, 0.25) is 0 Å². The topological polar surface area (TPSA) is 52.6 Å². The molecule has 0 radical (unpaired) electrons. The number of carboxylic acid groups (broad SMARTS) is 1. The molecule has 0 bridgehead atoms. The molecule has 116 valence electrons. The van der Waals surface area contributed by atoms with Crippen molar-refractivity contribution in [2.75, 3.05) is 24.5 Å². The highest BCUT2D eigenvalue weighted by Gasteiger charge is 2.32. The van der Waals surface area contributed by atoms with Gasteiger partial charge in [0.05, 0.1) is 5.92 Å². The predicted octanol–water partition coefficient (Wildman–Crippen LogP) is 2.60. The molecule has 1 aromatic rings. The molecule has 4 nitrogen and oxygen atoms in total. The summed E-state index contributed by atoms with van der Waals surface area (Å²) in [6.07, 6.45) is 0.703. The number of hydrogen-bond donors (Lipinski definition) is 2. The molecule has 2 rings (SSSR count). The van der Waals surface area contributed by atoms with Gasteiger partial charge in [-0.1, -0.05) is 39.0 Å². The lowest BCUT2D eigenvalue weighted by Gasteiger charge is -2.39. The molecule has 1 fully saturated rings. The van der Waals surface area contributed by atoms with Crippen molar-refractivity contribution in [1.29, 1.82) is 0 Å². The number of para-hydroxylation sites is 1. The van der Waals surface area contributed by atoms with Crippen LogP contribution in [0.15, 0.2) is 30.3 Å². The normalized spacial score (nSPS) is 23.1. The standard InChI is InChI=1S/C17H26N2O2/c1-17(2,3)12-18-14-9-13(16(20)21)10-19(11-14)15-7-5-4-6-8-15/h4-8,13-14,18H,9-12H2,1-3H3,(H,20,21). The van der Waals surface area contributed by atoms with Crippen molar-refractivity contribution >= 4 is 11.7 Å². The van der Waals surface area contributed by atoms with E-state index in [2.05, 4.69) is 31.0 Å². The van der Waals surface area contributed by atoms with Gasteiger partial charge in [0.2, 0.25) is 0 Å². The van der Waals surface area contributed by atoms with E-state index in [9.17, 15) is 9.90 Å². The highest BCUT2D eigenvalue weighted by molar-refractivity contribution is 5.71. The third kappa shape index (κ3) is 4.74. The van der Waals surface area contributed by atoms with Gasteiger partial charge in [-0.25, -0.2) is 0 Å². The smallest absolute Gasteiger partial charge is 0.308 e. The van der Waals surface area contributed by atoms with Crippen LogP contribution < -0.4 is 10.2 Å². The van der Waals surface area contributed by atoms with Crippen LogP contribution in [0.4, 0.5) is 5.69 Å². The van der Waals surface area contributed by atoms with Gasteiger partial charge in [-0.2, -0.15) is 0 Å². The second kappa shape index (κ2) is 6.48. The third-order valence-electron chi connectivity index (χ3n) is 3.84. The lowest BCUT2D eigenvalue weighted by molar-refractivity contribution is -0.142. The summed E-state index contributed by atoms with van der Waals surface area (Å²) in [6, 6.07) is 10.3. The number of aliphatic carboxylic acids is 1. The number of anilines is 1. The molecule has 1 heterocycles. The summed E-state index contributed by atoms with van der Waals surface area (Å²) >= 11 is 0. The average molecular weight is 290 g/mol. The van der Waals surface area contributed by atoms with E-state index in [4.69, 9.17) is 0 Å². The van der Waals surface area contributed by atoms with Crippen LogP contribution in [0.5, 0.6) is 0 Å². The number of piperidine rings is 1. The zero-order chi connectivity index (χ0) is 15.5. The Bertz CT molecular complexity index is 467. The zero-order valence-corrected chi connectivity index (χ0v) is 13.2. The number of rotatable bonds is 4. The first kappa shape index (κ1) is 15.8. The SMILES string of the molecule is CC(C)(C)CNC1CC(C(=O)O)CN(c2ccccc2)C1. The second-order valence-corrected chi connectivity index (χ2v) is 7.15. The molecule has 21 heavy (non-hydrogen) atoms. The minimum atomic E-state index is -0.696. The van der Waals surface area contributed by atoms with E-state index in [-0.39, 0.29) is 17.4 Å². The molecule has 1 aliphatic rings. The summed E-state index contributed by atoms with van der Waals surface area (Å²) in [5, 5.41) is 12.9. The van der Waals surface area contributed by atoms with Crippen LogP contribution in [-0.2, 0) is 4.79 Å². The molecule has 0 amide bonds. The van der Waals surface area contributed by atoms with Gasteiger partial charge in [0.25, 0.3) is 0 Å². The fraction of sp³-hybridized carbons (Fsp3) is 0.588. The summed E-state index contributed by atoms with van der Waals surface area (Å²) in [4.78, 5) is 13.6. The number of benzene rings is 1. The van der Waals surface area contributed by atoms with Crippen LogP contribution >= 0.6 is 0 Å². The quantitative estimate of drug-likeness (QED) is 0.895. The van der Waals surface area contributed by atoms with Gasteiger partial charge < -0.3 is 15.3 Å². The van der Waals surface area contributed by atoms with Crippen LogP contribution in [0.1, 0.15) is 27.2 Å². The molecule has 0 aromatic heterocycles. The molecular weight excluding hydrogens is 264 g/mol. The van der Waals surface area contributed by atoms with Crippen molar-refractivity contribution in [2.24, 2.45) is 11.3 Å². The summed E-state index contributed by atoms with van der Waals surface area (Å²) < 4.78 is 0. The number of nitrogens with one attached hydrogen (secondary N) is 1. The molecular formula is C17H26N2O2. The van der Waals surface area contributed by atoms with E-state index >= 15 is 0 Å². The molecule has 1 aliphatic heterocycles. The van der Waals surface area contributed by atoms with E-state index in [1.165, 1.54) is 0 Å². The summed E-state index contributed by atoms with van der Waals surface area (Å²) in [5.41, 5.74) is 1.30. The van der Waals surface area contributed by atoms with Gasteiger partial charge in [-0.05, 0) is 24.0 Å². The van der Waals surface area contributed by atoms with Crippen molar-refractivity contribution in [3.63, 3.8) is 0 Å². The first-order valence-electron chi connectivity index (χ1n) is 7.61. The monoisotopic (exact) mass is 290 g/mol. The minimum Gasteiger partial charge on any atom is -0.481 e. The van der Waals surface area contributed by atoms with E-state index in [0.717, 1.165) is 18.8 Å². The Balaban J connectivity index is 2.07. The Morgan fingerprint density at radius 3 is 2.52 bits per heavy atom. The maximum absolute atomic E-state index is 11.4. The van der Waals surface area contributed by atoms with E-state index in [0.29, 0.717) is 13.0 Å². The Morgan fingerprint density at radius 1 is 1.29 bits per heavy atom. The molecule has 0 spiro atoms. The summed E-state index contributed by atoms with van der Waals surface area (Å²) in [5.74, 6) is -1.00. The Labute approximate surface area is 127 Å². The van der Waals surface area contributed by atoms with Gasteiger partial charge in [-0.15, -0.1) is 0 Å². The van der Waals surface area contributed by atoms with Gasteiger partial charge in [0, 0.05) is 31.4 Å². The van der Waals surface area contributed by atoms with E-state index < -0.39 is 5.97 Å². The molecule has 0 aliphatic carbocycles. The van der Waals surface area contributed by atoms with Gasteiger partial charge in [0.15, 0.2) is 0 Å². The molecule has 2 unspecified atom stereocenters. The zero-order valence-electron chi connectivity index (χ0n) is 13.2. The Kier molecular flexibility index (Phi) is 4.88. The lowest BCUT2D eigenvalue weighted by Crippen LogP contribution is -2.52. The van der Waals surface area contributed by atoms with Gasteiger partial charge >= 0.3 is 5.97 Å². The van der Waals surface area contributed by atoms with E-state index in [1.807, 2.05) is 30.3 Å². The highest BCUT2D eigenvalue weighted by Crippen LogP contribution is 2.24. The fourth-order valence-corrected chi connectivity index (χ4v) is 2.73. The average Bonchev–Trinajstić information content (AvgIpc) is 2.45. The second-order valence-electron chi connectivity index (χ2n) is 7.15. The van der Waals surface area contributed by atoms with Crippen LogP contribution in [0, 0.1) is 11.3 Å². The first-order valence-corrected chi connectivity index (χ1v) is 7.61. The molecule has 1 aromatic carbocycles. The van der Waals surface area contributed by atoms with Crippen LogP contribution in [0.25, 0.3) is 0 Å². The van der Waals surface area contributed by atoms with E-state index in [1.54, 1.807) is 0 Å². The maximum Gasteiger partial charge on any atom is 0.308 e. The molecule has 1 saturated heterocycles. The highest BCUT2D eigenvalue weighted by atomic mass is 16.4. The minimum absolute atomic E-state index is 0.202. The van der Waals surface area contributed by atoms with Gasteiger partial charge in [-0.3, -0.25) is 4.79 Å². The number of hydrogen-bond acceptors (Lipinski definition) is 3. The van der Waals surface area contributed by atoms with Crippen molar-refractivity contribution < 1.29 is 9.90 Å². The number of carboxylic acids is 1. The van der Waals surface area contributed by atoms with Crippen LogP contribution in [0.3, 0.4) is 0 Å². The summed E-state index contributed by atoms with van der Waals surface area (Å²) in [7, 11) is 0. The van der Waals surface area contributed by atoms with Gasteiger partial charge in [0.1, 0.15) is 0 Å². The number of carbonyl (C=O) groups is 1. The number of nitrogens with zero attached hydrogens (tertiary/aromatic N) is 1. The van der Waals surface area contributed by atoms with Crippen molar-refractivity contribution in [1.82, 2.24) is 5.32 Å². The maximum atomic E-state index is 11.4. The molecule has 2 N–H and O–H groups in total.